The summed E-state index contributed by atoms with van der Waals surface area (Å²) in [6.45, 7) is 0.167. The number of anilines is 1. The minimum Gasteiger partial charge on any atom is -0.397 e. The summed E-state index contributed by atoms with van der Waals surface area (Å²) in [5, 5.41) is 0.633. The van der Waals surface area contributed by atoms with Crippen LogP contribution in [0.5, 0.6) is 0 Å². The lowest BCUT2D eigenvalue weighted by Gasteiger charge is -2.07. The summed E-state index contributed by atoms with van der Waals surface area (Å²) in [5.74, 6) is 0. The Labute approximate surface area is 103 Å². The lowest BCUT2D eigenvalue weighted by atomic mass is 10.1. The van der Waals surface area contributed by atoms with Crippen molar-refractivity contribution >= 4 is 17.3 Å². The third-order valence-corrected chi connectivity index (χ3v) is 2.75. The van der Waals surface area contributed by atoms with Gasteiger partial charge in [-0.2, -0.15) is 0 Å². The topological polar surface area (TPSA) is 84.9 Å². The molecule has 0 aliphatic heterocycles. The van der Waals surface area contributed by atoms with E-state index in [4.69, 9.17) is 23.1 Å². The number of aromatic amines is 1. The smallest absolute Gasteiger partial charge is 0.253 e. The third kappa shape index (κ3) is 2.33. The molecule has 1 heterocycles. The molecule has 0 saturated carbocycles. The summed E-state index contributed by atoms with van der Waals surface area (Å²) in [5.41, 5.74) is 13.5. The Morgan fingerprint density at radius 2 is 1.88 bits per heavy atom. The van der Waals surface area contributed by atoms with Gasteiger partial charge in [0, 0.05) is 22.7 Å². The van der Waals surface area contributed by atoms with Crippen molar-refractivity contribution in [2.75, 3.05) is 5.73 Å². The number of hydrogen-bond acceptors (Lipinski definition) is 3. The fourth-order valence-corrected chi connectivity index (χ4v) is 1.72. The van der Waals surface area contributed by atoms with Crippen LogP contribution in [-0.2, 0) is 6.54 Å². The Morgan fingerprint density at radius 3 is 2.47 bits per heavy atom. The molecular weight excluding hydrogens is 238 g/mol. The van der Waals surface area contributed by atoms with E-state index < -0.39 is 0 Å². The lowest BCUT2D eigenvalue weighted by molar-refractivity contribution is 1.02. The van der Waals surface area contributed by atoms with Crippen LogP contribution in [0.25, 0.3) is 11.3 Å². The first kappa shape index (κ1) is 11.7. The van der Waals surface area contributed by atoms with E-state index in [1.165, 1.54) is 0 Å². The number of H-pyrrole nitrogens is 1. The van der Waals surface area contributed by atoms with Gasteiger partial charge in [-0.1, -0.05) is 23.7 Å². The Balaban J connectivity index is 2.56. The SMILES string of the molecule is NCc1cc(N)c(-c2ccc(Cl)cc2)[nH]c1=O. The molecule has 0 spiro atoms. The molecule has 0 atom stereocenters. The Kier molecular flexibility index (Phi) is 3.17. The maximum Gasteiger partial charge on any atom is 0.253 e. The van der Waals surface area contributed by atoms with Crippen LogP contribution in [0, 0.1) is 0 Å². The highest BCUT2D eigenvalue weighted by Gasteiger charge is 2.07. The quantitative estimate of drug-likeness (QED) is 0.758. The number of nitrogens with two attached hydrogens (primary N) is 2. The summed E-state index contributed by atoms with van der Waals surface area (Å²) < 4.78 is 0. The standard InChI is InChI=1S/C12H12ClN3O/c13-9-3-1-7(2-4-9)11-10(15)5-8(6-14)12(17)16-11/h1-5H,6,14-15H2,(H,16,17). The van der Waals surface area contributed by atoms with Crippen LogP contribution in [-0.4, -0.2) is 4.98 Å². The predicted molar refractivity (Wildman–Crippen MR) is 69.8 cm³/mol. The summed E-state index contributed by atoms with van der Waals surface area (Å²) in [7, 11) is 0. The molecule has 88 valence electrons. The predicted octanol–water partition coefficient (Wildman–Crippen LogP) is 1.74. The van der Waals surface area contributed by atoms with Crippen LogP contribution in [0.2, 0.25) is 5.02 Å². The molecule has 0 saturated heterocycles. The number of nitrogen functional groups attached to an aromatic ring is 1. The highest BCUT2D eigenvalue weighted by atomic mass is 35.5. The highest BCUT2D eigenvalue weighted by Crippen LogP contribution is 2.24. The second-order valence-corrected chi connectivity index (χ2v) is 4.10. The summed E-state index contributed by atoms with van der Waals surface area (Å²) >= 11 is 5.80. The van der Waals surface area contributed by atoms with Gasteiger partial charge in [-0.25, -0.2) is 0 Å². The van der Waals surface area contributed by atoms with Gasteiger partial charge in [0.1, 0.15) is 0 Å². The van der Waals surface area contributed by atoms with E-state index in [-0.39, 0.29) is 12.1 Å². The van der Waals surface area contributed by atoms with Gasteiger partial charge in [0.05, 0.1) is 11.4 Å². The van der Waals surface area contributed by atoms with E-state index in [0.29, 0.717) is 22.0 Å². The minimum absolute atomic E-state index is 0.167. The average Bonchev–Trinajstić information content (AvgIpc) is 2.33. The second kappa shape index (κ2) is 4.61. The average molecular weight is 250 g/mol. The van der Waals surface area contributed by atoms with Gasteiger partial charge in [0.25, 0.3) is 5.56 Å². The van der Waals surface area contributed by atoms with Gasteiger partial charge in [-0.15, -0.1) is 0 Å². The van der Waals surface area contributed by atoms with Crippen LogP contribution in [0.1, 0.15) is 5.56 Å². The molecule has 0 bridgehead atoms. The monoisotopic (exact) mass is 249 g/mol. The van der Waals surface area contributed by atoms with Crippen molar-refractivity contribution in [3.05, 3.63) is 51.3 Å². The first-order valence-electron chi connectivity index (χ1n) is 5.09. The zero-order valence-corrected chi connectivity index (χ0v) is 9.79. The minimum atomic E-state index is -0.216. The van der Waals surface area contributed by atoms with E-state index in [0.717, 1.165) is 5.56 Å². The molecule has 5 heteroatoms. The van der Waals surface area contributed by atoms with Crippen molar-refractivity contribution in [1.29, 1.82) is 0 Å². The molecule has 1 aromatic carbocycles. The summed E-state index contributed by atoms with van der Waals surface area (Å²) in [6.07, 6.45) is 0. The van der Waals surface area contributed by atoms with Crippen molar-refractivity contribution in [2.45, 2.75) is 6.54 Å². The lowest BCUT2D eigenvalue weighted by Crippen LogP contribution is -2.17. The van der Waals surface area contributed by atoms with Crippen LogP contribution >= 0.6 is 11.6 Å². The first-order valence-corrected chi connectivity index (χ1v) is 5.47. The highest BCUT2D eigenvalue weighted by molar-refractivity contribution is 6.30. The Morgan fingerprint density at radius 1 is 1.24 bits per heavy atom. The summed E-state index contributed by atoms with van der Waals surface area (Å²) in [6, 6.07) is 8.68. The maximum absolute atomic E-state index is 11.6. The fourth-order valence-electron chi connectivity index (χ4n) is 1.60. The number of pyridine rings is 1. The van der Waals surface area contributed by atoms with Gasteiger partial charge in [-0.05, 0) is 18.2 Å². The Hall–Kier alpha value is -1.78. The normalized spacial score (nSPS) is 10.5. The van der Waals surface area contributed by atoms with Gasteiger partial charge in [-0.3, -0.25) is 4.79 Å². The zero-order valence-electron chi connectivity index (χ0n) is 9.03. The molecule has 0 aliphatic rings. The Bertz CT molecular complexity index is 590. The number of hydrogen-bond donors (Lipinski definition) is 3. The van der Waals surface area contributed by atoms with Gasteiger partial charge >= 0.3 is 0 Å². The molecule has 0 amide bonds. The van der Waals surface area contributed by atoms with E-state index in [2.05, 4.69) is 4.98 Å². The van der Waals surface area contributed by atoms with Crippen LogP contribution in [0.4, 0.5) is 5.69 Å². The van der Waals surface area contributed by atoms with Gasteiger partial charge < -0.3 is 16.5 Å². The largest absolute Gasteiger partial charge is 0.397 e. The van der Waals surface area contributed by atoms with Crippen molar-refractivity contribution in [3.63, 3.8) is 0 Å². The first-order chi connectivity index (χ1) is 8.11. The molecule has 4 nitrogen and oxygen atoms in total. The third-order valence-electron chi connectivity index (χ3n) is 2.50. The maximum atomic E-state index is 11.6. The van der Waals surface area contributed by atoms with Crippen molar-refractivity contribution < 1.29 is 0 Å². The molecule has 17 heavy (non-hydrogen) atoms. The summed E-state index contributed by atoms with van der Waals surface area (Å²) in [4.78, 5) is 14.4. The molecule has 2 rings (SSSR count). The molecule has 0 aliphatic carbocycles. The molecule has 0 radical (unpaired) electrons. The molecule has 0 fully saturated rings. The van der Waals surface area contributed by atoms with Crippen molar-refractivity contribution in [2.24, 2.45) is 5.73 Å². The van der Waals surface area contributed by atoms with Crippen molar-refractivity contribution in [1.82, 2.24) is 4.98 Å². The number of nitrogens with one attached hydrogen (secondary N) is 1. The number of rotatable bonds is 2. The molecule has 2 aromatic rings. The van der Waals surface area contributed by atoms with E-state index in [1.807, 2.05) is 0 Å². The second-order valence-electron chi connectivity index (χ2n) is 3.67. The number of benzene rings is 1. The number of halogens is 1. The molecule has 0 unspecified atom stereocenters. The van der Waals surface area contributed by atoms with Crippen LogP contribution < -0.4 is 17.0 Å². The van der Waals surface area contributed by atoms with E-state index >= 15 is 0 Å². The van der Waals surface area contributed by atoms with Crippen molar-refractivity contribution in [3.8, 4) is 11.3 Å². The fraction of sp³-hybridized carbons (Fsp3) is 0.0833. The molecular formula is C12H12ClN3O. The van der Waals surface area contributed by atoms with E-state index in [1.54, 1.807) is 30.3 Å². The van der Waals surface area contributed by atoms with Crippen LogP contribution in [0.3, 0.4) is 0 Å². The molecule has 5 N–H and O–H groups in total. The zero-order chi connectivity index (χ0) is 12.4. The number of aromatic nitrogens is 1. The van der Waals surface area contributed by atoms with Crippen LogP contribution in [0.15, 0.2) is 35.1 Å². The van der Waals surface area contributed by atoms with Gasteiger partial charge in [0.15, 0.2) is 0 Å². The van der Waals surface area contributed by atoms with Gasteiger partial charge in [0.2, 0.25) is 0 Å². The van der Waals surface area contributed by atoms with E-state index in [9.17, 15) is 4.79 Å². The molecule has 1 aromatic heterocycles.